The van der Waals surface area contributed by atoms with Crippen LogP contribution in [0.5, 0.6) is 11.5 Å². The van der Waals surface area contributed by atoms with Crippen molar-refractivity contribution in [1.29, 1.82) is 0 Å². The first-order valence-electron chi connectivity index (χ1n) is 6.70. The van der Waals surface area contributed by atoms with Gasteiger partial charge in [-0.25, -0.2) is 4.79 Å². The molecule has 0 saturated carbocycles. The number of ether oxygens (including phenoxy) is 3. The lowest BCUT2D eigenvalue weighted by molar-refractivity contribution is -0.318. The fourth-order valence-corrected chi connectivity index (χ4v) is 2.36. The van der Waals surface area contributed by atoms with E-state index in [9.17, 15) is 18.0 Å². The number of nitrogens with zero attached hydrogens (tertiary/aromatic N) is 1. The number of benzene rings is 1. The highest BCUT2D eigenvalue weighted by atomic mass is 35.5. The molecule has 1 atom stereocenters. The molecule has 0 aromatic heterocycles. The Morgan fingerprint density at radius 1 is 1.22 bits per heavy atom. The third-order valence-corrected chi connectivity index (χ3v) is 3.59. The van der Waals surface area contributed by atoms with Gasteiger partial charge < -0.3 is 19.1 Å². The van der Waals surface area contributed by atoms with Crippen molar-refractivity contribution in [3.05, 3.63) is 23.2 Å². The Balaban J connectivity index is 1.84. The number of carbonyl (C=O) groups excluding carboxylic acids is 1. The summed E-state index contributed by atoms with van der Waals surface area (Å²) < 4.78 is 55.2. The second-order valence-corrected chi connectivity index (χ2v) is 5.38. The summed E-state index contributed by atoms with van der Waals surface area (Å²) in [6, 6.07) is 2.83. The number of fused-ring (bicyclic) bond motifs is 1. The van der Waals surface area contributed by atoms with Gasteiger partial charge in [0.1, 0.15) is 0 Å². The molecule has 2 aliphatic heterocycles. The summed E-state index contributed by atoms with van der Waals surface area (Å²) in [7, 11) is 0. The second kappa shape index (κ2) is 5.64. The number of nitrogens with one attached hydrogen (secondary N) is 1. The van der Waals surface area contributed by atoms with Gasteiger partial charge in [-0.05, 0) is 12.1 Å². The minimum atomic E-state index is -5.00. The molecular weight excluding hydrogens is 341 g/mol. The standard InChI is InChI=1S/C13H12ClF3N2O4/c14-8-1-2-9-10(7-8)23-13(22-9,12(15,16)17)18-11(20)19-3-5-21-6-4-19/h1-2,7H,3-6H2,(H,18,20)/t13-/m0/s1. The number of hydrogen-bond donors (Lipinski definition) is 1. The zero-order valence-electron chi connectivity index (χ0n) is 11.7. The van der Waals surface area contributed by atoms with Gasteiger partial charge in [-0.15, -0.1) is 0 Å². The van der Waals surface area contributed by atoms with Crippen LogP contribution in [0.15, 0.2) is 18.2 Å². The van der Waals surface area contributed by atoms with Crippen molar-refractivity contribution < 1.29 is 32.2 Å². The maximum atomic E-state index is 13.5. The van der Waals surface area contributed by atoms with Crippen molar-refractivity contribution in [1.82, 2.24) is 10.2 Å². The van der Waals surface area contributed by atoms with Gasteiger partial charge in [0.2, 0.25) is 0 Å². The number of hydrogen-bond acceptors (Lipinski definition) is 4. The van der Waals surface area contributed by atoms with Crippen molar-refractivity contribution in [2.24, 2.45) is 0 Å². The molecule has 1 aromatic carbocycles. The molecule has 0 bridgehead atoms. The molecule has 0 unspecified atom stereocenters. The van der Waals surface area contributed by atoms with Gasteiger partial charge >= 0.3 is 18.1 Å². The van der Waals surface area contributed by atoms with Crippen LogP contribution in [0.25, 0.3) is 0 Å². The lowest BCUT2D eigenvalue weighted by Crippen LogP contribution is -2.67. The van der Waals surface area contributed by atoms with Gasteiger partial charge in [0.25, 0.3) is 0 Å². The van der Waals surface area contributed by atoms with Gasteiger partial charge in [-0.3, -0.25) is 5.32 Å². The van der Waals surface area contributed by atoms with Crippen LogP contribution >= 0.6 is 11.6 Å². The van der Waals surface area contributed by atoms with Crippen molar-refractivity contribution in [3.63, 3.8) is 0 Å². The predicted octanol–water partition coefficient (Wildman–Crippen LogP) is 2.37. The fourth-order valence-electron chi connectivity index (χ4n) is 2.20. The Kier molecular flexibility index (Phi) is 3.93. The maximum Gasteiger partial charge on any atom is 0.492 e. The van der Waals surface area contributed by atoms with E-state index < -0.39 is 18.1 Å². The minimum Gasteiger partial charge on any atom is -0.424 e. The number of urea groups is 1. The molecule has 0 spiro atoms. The molecule has 1 aromatic rings. The van der Waals surface area contributed by atoms with E-state index in [1.54, 1.807) is 5.32 Å². The Hall–Kier alpha value is -1.87. The summed E-state index contributed by atoms with van der Waals surface area (Å²) >= 11 is 5.73. The zero-order valence-corrected chi connectivity index (χ0v) is 12.4. The lowest BCUT2D eigenvalue weighted by atomic mass is 10.3. The number of halogens is 4. The highest BCUT2D eigenvalue weighted by molar-refractivity contribution is 6.30. The van der Waals surface area contributed by atoms with Crippen LogP contribution in [-0.2, 0) is 4.74 Å². The average Bonchev–Trinajstić information content (AvgIpc) is 2.86. The van der Waals surface area contributed by atoms with E-state index in [2.05, 4.69) is 0 Å². The molecule has 10 heteroatoms. The third kappa shape index (κ3) is 2.98. The molecule has 23 heavy (non-hydrogen) atoms. The van der Waals surface area contributed by atoms with Crippen molar-refractivity contribution >= 4 is 17.6 Å². The third-order valence-electron chi connectivity index (χ3n) is 3.36. The van der Waals surface area contributed by atoms with Gasteiger partial charge in [-0.2, -0.15) is 13.2 Å². The lowest BCUT2D eigenvalue weighted by Gasteiger charge is -2.33. The van der Waals surface area contributed by atoms with E-state index in [0.29, 0.717) is 0 Å². The molecule has 6 nitrogen and oxygen atoms in total. The monoisotopic (exact) mass is 352 g/mol. The van der Waals surface area contributed by atoms with Crippen LogP contribution in [0.3, 0.4) is 0 Å². The van der Waals surface area contributed by atoms with Gasteiger partial charge in [0.15, 0.2) is 11.5 Å². The molecule has 1 saturated heterocycles. The Bertz CT molecular complexity index is 622. The van der Waals surface area contributed by atoms with Gasteiger partial charge in [0.05, 0.1) is 13.2 Å². The summed E-state index contributed by atoms with van der Waals surface area (Å²) in [4.78, 5) is 13.3. The zero-order chi connectivity index (χ0) is 16.7. The topological polar surface area (TPSA) is 60.0 Å². The minimum absolute atomic E-state index is 0.158. The first kappa shape index (κ1) is 16.0. The summed E-state index contributed by atoms with van der Waals surface area (Å²) in [5, 5.41) is 1.97. The smallest absolute Gasteiger partial charge is 0.424 e. The van der Waals surface area contributed by atoms with E-state index in [-0.39, 0.29) is 42.8 Å². The number of carbonyl (C=O) groups is 1. The number of alkyl halides is 3. The first-order valence-corrected chi connectivity index (χ1v) is 7.08. The number of rotatable bonds is 1. The van der Waals surface area contributed by atoms with Crippen LogP contribution in [0.2, 0.25) is 5.02 Å². The highest BCUT2D eigenvalue weighted by Crippen LogP contribution is 2.46. The number of morpholine rings is 1. The second-order valence-electron chi connectivity index (χ2n) is 4.94. The van der Waals surface area contributed by atoms with Crippen LogP contribution in [-0.4, -0.2) is 49.3 Å². The van der Waals surface area contributed by atoms with E-state index in [1.165, 1.54) is 23.1 Å². The molecule has 126 valence electrons. The van der Waals surface area contributed by atoms with Crippen molar-refractivity contribution in [2.45, 2.75) is 12.1 Å². The van der Waals surface area contributed by atoms with E-state index in [0.717, 1.165) is 0 Å². The summed E-state index contributed by atoms with van der Waals surface area (Å²) in [6.07, 6.45) is -5.00. The molecule has 2 heterocycles. The molecule has 0 radical (unpaired) electrons. The van der Waals surface area contributed by atoms with Crippen LogP contribution < -0.4 is 14.8 Å². The van der Waals surface area contributed by atoms with Gasteiger partial charge in [0, 0.05) is 24.2 Å². The van der Waals surface area contributed by atoms with Gasteiger partial charge in [-0.1, -0.05) is 11.6 Å². The average molecular weight is 353 g/mol. The Morgan fingerprint density at radius 2 is 1.87 bits per heavy atom. The fraction of sp³-hybridized carbons (Fsp3) is 0.462. The van der Waals surface area contributed by atoms with E-state index in [4.69, 9.17) is 25.8 Å². The summed E-state index contributed by atoms with van der Waals surface area (Å²) in [5.74, 6) is -3.64. The van der Waals surface area contributed by atoms with Crippen LogP contribution in [0.4, 0.5) is 18.0 Å². The number of amides is 2. The molecule has 1 N–H and O–H groups in total. The molecule has 1 fully saturated rings. The molecule has 0 aliphatic carbocycles. The largest absolute Gasteiger partial charge is 0.492 e. The molecular formula is C13H12ClF3N2O4. The van der Waals surface area contributed by atoms with Crippen LogP contribution in [0.1, 0.15) is 0 Å². The molecule has 2 amide bonds. The SMILES string of the molecule is O=C(N[C@@]1(C(F)(F)F)Oc2ccc(Cl)cc2O1)N1CCOCC1. The van der Waals surface area contributed by atoms with Crippen LogP contribution in [0, 0.1) is 0 Å². The molecule has 2 aliphatic rings. The van der Waals surface area contributed by atoms with E-state index in [1.807, 2.05) is 0 Å². The maximum absolute atomic E-state index is 13.5. The quantitative estimate of drug-likeness (QED) is 0.843. The van der Waals surface area contributed by atoms with Crippen molar-refractivity contribution in [3.8, 4) is 11.5 Å². The molecule has 3 rings (SSSR count). The Morgan fingerprint density at radius 3 is 2.52 bits per heavy atom. The summed E-state index contributed by atoms with van der Waals surface area (Å²) in [5.41, 5.74) is 0. The highest BCUT2D eigenvalue weighted by Gasteiger charge is 2.66. The first-order chi connectivity index (χ1) is 10.8. The normalized spacial score (nSPS) is 23.7. The predicted molar refractivity (Wildman–Crippen MR) is 72.4 cm³/mol. The van der Waals surface area contributed by atoms with E-state index >= 15 is 0 Å². The van der Waals surface area contributed by atoms with Crippen molar-refractivity contribution in [2.75, 3.05) is 26.3 Å². The Labute approximate surface area is 134 Å². The summed E-state index contributed by atoms with van der Waals surface area (Å²) in [6.45, 7) is 0.866.